The second kappa shape index (κ2) is 4.67. The molecule has 1 aromatic heterocycles. The van der Waals surface area contributed by atoms with Crippen LogP contribution in [-0.4, -0.2) is 44.9 Å². The van der Waals surface area contributed by atoms with E-state index in [0.29, 0.717) is 6.54 Å². The molecule has 7 heteroatoms. The fourth-order valence-electron chi connectivity index (χ4n) is 1.80. The number of hydrogen-bond acceptors (Lipinski definition) is 3. The molecule has 0 saturated carbocycles. The number of aliphatic carboxylic acids is 1. The molecular weight excluding hydrogens is 236 g/mol. The number of carboxylic acids is 1. The number of carbonyl (C=O) groups excluding carboxylic acids is 1. The molecule has 0 radical (unpaired) electrons. The van der Waals surface area contributed by atoms with E-state index < -0.39 is 11.9 Å². The van der Waals surface area contributed by atoms with Crippen LogP contribution in [0.25, 0.3) is 0 Å². The van der Waals surface area contributed by atoms with Crippen LogP contribution in [0.15, 0.2) is 6.20 Å². The summed E-state index contributed by atoms with van der Waals surface area (Å²) in [6, 6.07) is -0.226. The molecule has 0 bridgehead atoms. The van der Waals surface area contributed by atoms with Crippen LogP contribution in [0.2, 0.25) is 0 Å². The van der Waals surface area contributed by atoms with Crippen molar-refractivity contribution in [1.29, 1.82) is 0 Å². The Kier molecular flexibility index (Phi) is 3.22. The van der Waals surface area contributed by atoms with E-state index in [1.807, 2.05) is 14.0 Å². The highest BCUT2D eigenvalue weighted by atomic mass is 16.4. The second-order valence-electron chi connectivity index (χ2n) is 4.48. The van der Waals surface area contributed by atoms with Crippen LogP contribution in [0.4, 0.5) is 4.79 Å². The van der Waals surface area contributed by atoms with Gasteiger partial charge in [0.1, 0.15) is 0 Å². The predicted molar refractivity (Wildman–Crippen MR) is 62.9 cm³/mol. The summed E-state index contributed by atoms with van der Waals surface area (Å²) in [6.45, 7) is 2.91. The van der Waals surface area contributed by atoms with Crippen molar-refractivity contribution in [2.24, 2.45) is 13.0 Å². The summed E-state index contributed by atoms with van der Waals surface area (Å²) >= 11 is 0. The van der Waals surface area contributed by atoms with Crippen molar-refractivity contribution in [3.63, 3.8) is 0 Å². The van der Waals surface area contributed by atoms with Crippen molar-refractivity contribution in [3.05, 3.63) is 17.5 Å². The van der Waals surface area contributed by atoms with Crippen LogP contribution >= 0.6 is 0 Å². The van der Waals surface area contributed by atoms with Crippen molar-refractivity contribution in [2.45, 2.75) is 13.5 Å². The number of rotatable bonds is 3. The molecule has 98 valence electrons. The molecule has 2 amide bonds. The van der Waals surface area contributed by atoms with Crippen molar-refractivity contribution in [1.82, 2.24) is 20.0 Å². The maximum Gasteiger partial charge on any atom is 0.317 e. The Hall–Kier alpha value is -2.05. The molecule has 1 fully saturated rings. The van der Waals surface area contributed by atoms with E-state index in [9.17, 15) is 9.59 Å². The van der Waals surface area contributed by atoms with Gasteiger partial charge in [0.2, 0.25) is 0 Å². The molecule has 0 aromatic carbocycles. The first-order valence-corrected chi connectivity index (χ1v) is 5.72. The minimum atomic E-state index is -0.845. The number of nitrogens with one attached hydrogen (secondary N) is 1. The van der Waals surface area contributed by atoms with Crippen LogP contribution in [0.3, 0.4) is 0 Å². The van der Waals surface area contributed by atoms with Gasteiger partial charge in [0.15, 0.2) is 0 Å². The number of likely N-dealkylation sites (tertiary alicyclic amines) is 1. The van der Waals surface area contributed by atoms with Crippen molar-refractivity contribution in [3.8, 4) is 0 Å². The molecule has 2 N–H and O–H groups in total. The minimum Gasteiger partial charge on any atom is -0.481 e. The lowest BCUT2D eigenvalue weighted by atomic mass is 10.0. The molecule has 0 aliphatic carbocycles. The number of hydrogen-bond donors (Lipinski definition) is 2. The van der Waals surface area contributed by atoms with Gasteiger partial charge in [-0.05, 0) is 6.92 Å². The minimum absolute atomic E-state index is 0.226. The van der Waals surface area contributed by atoms with Gasteiger partial charge >= 0.3 is 12.0 Å². The van der Waals surface area contributed by atoms with E-state index in [4.69, 9.17) is 5.11 Å². The lowest BCUT2D eigenvalue weighted by Gasteiger charge is -2.36. The van der Waals surface area contributed by atoms with Crippen molar-refractivity contribution >= 4 is 12.0 Å². The Morgan fingerprint density at radius 3 is 2.72 bits per heavy atom. The van der Waals surface area contributed by atoms with E-state index in [1.54, 1.807) is 10.9 Å². The molecule has 2 heterocycles. The molecule has 0 atom stereocenters. The van der Waals surface area contributed by atoms with Gasteiger partial charge in [0.05, 0.1) is 12.1 Å². The summed E-state index contributed by atoms with van der Waals surface area (Å²) in [6.07, 6.45) is 1.71. The van der Waals surface area contributed by atoms with Crippen molar-refractivity contribution < 1.29 is 14.7 Å². The number of urea groups is 1. The summed E-state index contributed by atoms with van der Waals surface area (Å²) in [5, 5.41) is 15.5. The first kappa shape index (κ1) is 12.4. The Labute approximate surface area is 104 Å². The highest BCUT2D eigenvalue weighted by Crippen LogP contribution is 2.15. The maximum atomic E-state index is 11.7. The lowest BCUT2D eigenvalue weighted by molar-refractivity contribution is -0.146. The predicted octanol–water partition coefficient (Wildman–Crippen LogP) is -0.0455. The van der Waals surface area contributed by atoms with Gasteiger partial charge in [-0.15, -0.1) is 0 Å². The number of aryl methyl sites for hydroxylation is 1. The van der Waals surface area contributed by atoms with Crippen LogP contribution < -0.4 is 5.32 Å². The van der Waals surface area contributed by atoms with Gasteiger partial charge in [-0.1, -0.05) is 0 Å². The summed E-state index contributed by atoms with van der Waals surface area (Å²) in [5.41, 5.74) is 1.96. The van der Waals surface area contributed by atoms with Crippen molar-refractivity contribution in [2.75, 3.05) is 13.1 Å². The zero-order valence-corrected chi connectivity index (χ0v) is 10.4. The molecule has 2 rings (SSSR count). The zero-order valence-electron chi connectivity index (χ0n) is 10.4. The van der Waals surface area contributed by atoms with E-state index >= 15 is 0 Å². The van der Waals surface area contributed by atoms with Gasteiger partial charge < -0.3 is 15.3 Å². The molecular formula is C11H16N4O3. The monoisotopic (exact) mass is 252 g/mol. The summed E-state index contributed by atoms with van der Waals surface area (Å²) < 4.78 is 1.74. The van der Waals surface area contributed by atoms with Gasteiger partial charge in [-0.25, -0.2) is 4.79 Å². The first-order valence-electron chi connectivity index (χ1n) is 5.72. The van der Waals surface area contributed by atoms with E-state index in [1.165, 1.54) is 4.90 Å². The third kappa shape index (κ3) is 2.29. The van der Waals surface area contributed by atoms with Gasteiger partial charge in [0.25, 0.3) is 0 Å². The van der Waals surface area contributed by atoms with Crippen LogP contribution in [-0.2, 0) is 18.4 Å². The molecule has 1 saturated heterocycles. The first-order chi connectivity index (χ1) is 8.49. The number of amides is 2. The molecule has 1 aliphatic heterocycles. The molecule has 18 heavy (non-hydrogen) atoms. The van der Waals surface area contributed by atoms with E-state index in [-0.39, 0.29) is 19.1 Å². The Morgan fingerprint density at radius 2 is 2.22 bits per heavy atom. The van der Waals surface area contributed by atoms with Crippen LogP contribution in [0.1, 0.15) is 11.3 Å². The Balaban J connectivity index is 1.80. The highest BCUT2D eigenvalue weighted by Gasteiger charge is 2.35. The summed E-state index contributed by atoms with van der Waals surface area (Å²) in [7, 11) is 1.84. The zero-order chi connectivity index (χ0) is 13.3. The summed E-state index contributed by atoms with van der Waals surface area (Å²) in [4.78, 5) is 23.8. The quantitative estimate of drug-likeness (QED) is 0.789. The third-order valence-corrected chi connectivity index (χ3v) is 3.28. The Bertz CT molecular complexity index is 477. The molecule has 7 nitrogen and oxygen atoms in total. The molecule has 1 aliphatic rings. The van der Waals surface area contributed by atoms with Gasteiger partial charge in [0, 0.05) is 37.9 Å². The summed E-state index contributed by atoms with van der Waals surface area (Å²) in [5.74, 6) is -1.27. The lowest BCUT2D eigenvalue weighted by Crippen LogP contribution is -2.56. The van der Waals surface area contributed by atoms with Crippen LogP contribution in [0, 0.1) is 12.8 Å². The average Bonchev–Trinajstić information content (AvgIpc) is 2.54. The van der Waals surface area contributed by atoms with Crippen LogP contribution in [0.5, 0.6) is 0 Å². The molecule has 0 spiro atoms. The SMILES string of the molecule is Cc1c(CNC(=O)N2CC(C(=O)O)C2)cnn1C. The highest BCUT2D eigenvalue weighted by molar-refractivity contribution is 5.79. The number of aromatic nitrogens is 2. The number of nitrogens with zero attached hydrogens (tertiary/aromatic N) is 3. The molecule has 0 unspecified atom stereocenters. The second-order valence-corrected chi connectivity index (χ2v) is 4.48. The van der Waals surface area contributed by atoms with Gasteiger partial charge in [-0.2, -0.15) is 5.10 Å². The number of carboxylic acid groups (broad SMARTS) is 1. The van der Waals surface area contributed by atoms with Gasteiger partial charge in [-0.3, -0.25) is 9.48 Å². The normalized spacial score (nSPS) is 15.3. The third-order valence-electron chi connectivity index (χ3n) is 3.28. The van der Waals surface area contributed by atoms with E-state index in [0.717, 1.165) is 11.3 Å². The smallest absolute Gasteiger partial charge is 0.317 e. The fourth-order valence-corrected chi connectivity index (χ4v) is 1.80. The average molecular weight is 252 g/mol. The van der Waals surface area contributed by atoms with E-state index in [2.05, 4.69) is 10.4 Å². The largest absolute Gasteiger partial charge is 0.481 e. The standard InChI is InChI=1S/C11H16N4O3/c1-7-8(4-13-14(7)2)3-12-11(18)15-5-9(6-15)10(16)17/h4,9H,3,5-6H2,1-2H3,(H,12,18)(H,16,17). The Morgan fingerprint density at radius 1 is 1.56 bits per heavy atom. The maximum absolute atomic E-state index is 11.7. The fraction of sp³-hybridized carbons (Fsp3) is 0.545. The number of carbonyl (C=O) groups is 2. The topological polar surface area (TPSA) is 87.5 Å². The molecule has 1 aromatic rings.